The van der Waals surface area contributed by atoms with Crippen molar-refractivity contribution >= 4 is 44.9 Å². The van der Waals surface area contributed by atoms with Gasteiger partial charge in [0.1, 0.15) is 0 Å². The Morgan fingerprint density at radius 3 is 2.58 bits per heavy atom. The van der Waals surface area contributed by atoms with Crippen LogP contribution < -0.4 is 0 Å². The molecule has 100 valence electrons. The molecule has 0 aliphatic carbocycles. The number of rotatable bonds is 3. The number of aromatic nitrogens is 1. The van der Waals surface area contributed by atoms with Crippen molar-refractivity contribution in [1.82, 2.24) is 4.57 Å². The van der Waals surface area contributed by atoms with Gasteiger partial charge >= 0.3 is 0 Å². The lowest BCUT2D eigenvalue weighted by atomic mass is 10.2. The standard InChI is InChI=1S/C14H12BrCl2NO/c1-8-5-11(14(19)7-16)9(2)18(8)10-3-4-13(17)12(15)6-10/h3-6H,7H2,1-2H3. The van der Waals surface area contributed by atoms with E-state index in [2.05, 4.69) is 15.9 Å². The lowest BCUT2D eigenvalue weighted by Crippen LogP contribution is -2.04. The quantitative estimate of drug-likeness (QED) is 0.561. The third kappa shape index (κ3) is 2.73. The summed E-state index contributed by atoms with van der Waals surface area (Å²) in [7, 11) is 0. The lowest BCUT2D eigenvalue weighted by Gasteiger charge is -2.10. The summed E-state index contributed by atoms with van der Waals surface area (Å²) in [5, 5.41) is 0.656. The number of halogens is 3. The Hall–Kier alpha value is -0.770. The number of alkyl halides is 1. The number of nitrogens with zero attached hydrogens (tertiary/aromatic N) is 1. The SMILES string of the molecule is Cc1cc(C(=O)CCl)c(C)n1-c1ccc(Cl)c(Br)c1. The summed E-state index contributed by atoms with van der Waals surface area (Å²) in [6.07, 6.45) is 0. The van der Waals surface area contributed by atoms with Gasteiger partial charge in [-0.25, -0.2) is 0 Å². The molecule has 2 nitrogen and oxygen atoms in total. The number of carbonyl (C=O) groups is 1. The van der Waals surface area contributed by atoms with Gasteiger partial charge in [0.2, 0.25) is 0 Å². The van der Waals surface area contributed by atoms with Gasteiger partial charge < -0.3 is 4.57 Å². The van der Waals surface area contributed by atoms with Crippen molar-refractivity contribution in [2.24, 2.45) is 0 Å². The van der Waals surface area contributed by atoms with Gasteiger partial charge in [-0.3, -0.25) is 4.79 Å². The summed E-state index contributed by atoms with van der Waals surface area (Å²) in [5.74, 6) is -0.0664. The Morgan fingerprint density at radius 2 is 2.00 bits per heavy atom. The zero-order chi connectivity index (χ0) is 14.2. The van der Waals surface area contributed by atoms with E-state index in [1.807, 2.05) is 42.7 Å². The van der Waals surface area contributed by atoms with Crippen molar-refractivity contribution in [2.75, 3.05) is 5.88 Å². The third-order valence-corrected chi connectivity index (χ3v) is 4.47. The highest BCUT2D eigenvalue weighted by Gasteiger charge is 2.16. The van der Waals surface area contributed by atoms with Crippen LogP contribution in [0.4, 0.5) is 0 Å². The summed E-state index contributed by atoms with van der Waals surface area (Å²) in [6, 6.07) is 7.53. The van der Waals surface area contributed by atoms with Crippen LogP contribution in [-0.2, 0) is 0 Å². The smallest absolute Gasteiger partial charge is 0.179 e. The molecule has 1 aromatic heterocycles. The Bertz CT molecular complexity index is 649. The zero-order valence-electron chi connectivity index (χ0n) is 10.5. The highest BCUT2D eigenvalue weighted by atomic mass is 79.9. The number of benzene rings is 1. The maximum atomic E-state index is 11.8. The van der Waals surface area contributed by atoms with Gasteiger partial charge in [0.05, 0.1) is 10.9 Å². The zero-order valence-corrected chi connectivity index (χ0v) is 13.6. The van der Waals surface area contributed by atoms with Crippen LogP contribution in [0.15, 0.2) is 28.7 Å². The molecule has 0 saturated carbocycles. The van der Waals surface area contributed by atoms with Crippen molar-refractivity contribution in [3.05, 3.63) is 50.7 Å². The second-order valence-electron chi connectivity index (χ2n) is 4.28. The van der Waals surface area contributed by atoms with Gasteiger partial charge in [-0.1, -0.05) is 11.6 Å². The van der Waals surface area contributed by atoms with E-state index in [-0.39, 0.29) is 11.7 Å². The normalized spacial score (nSPS) is 10.8. The van der Waals surface area contributed by atoms with E-state index in [0.717, 1.165) is 21.5 Å². The molecule has 0 amide bonds. The molecule has 5 heteroatoms. The summed E-state index contributed by atoms with van der Waals surface area (Å²) in [6.45, 7) is 3.87. The topological polar surface area (TPSA) is 22.0 Å². The van der Waals surface area contributed by atoms with E-state index in [0.29, 0.717) is 10.6 Å². The number of ketones is 1. The maximum absolute atomic E-state index is 11.8. The summed E-state index contributed by atoms with van der Waals surface area (Å²) < 4.78 is 2.84. The average Bonchev–Trinajstić information content (AvgIpc) is 2.68. The minimum atomic E-state index is -0.0611. The maximum Gasteiger partial charge on any atom is 0.179 e. The van der Waals surface area contributed by atoms with Gasteiger partial charge in [-0.15, -0.1) is 11.6 Å². The summed E-state index contributed by atoms with van der Waals surface area (Å²) >= 11 is 15.0. The second kappa shape index (κ2) is 5.70. The first-order chi connectivity index (χ1) is 8.95. The molecule has 0 spiro atoms. The molecule has 0 N–H and O–H groups in total. The fraction of sp³-hybridized carbons (Fsp3) is 0.214. The van der Waals surface area contributed by atoms with Gasteiger partial charge in [0, 0.05) is 27.1 Å². The molecule has 19 heavy (non-hydrogen) atoms. The largest absolute Gasteiger partial charge is 0.318 e. The van der Waals surface area contributed by atoms with Crippen molar-refractivity contribution in [2.45, 2.75) is 13.8 Å². The number of carbonyl (C=O) groups excluding carboxylic acids is 1. The Morgan fingerprint density at radius 1 is 1.32 bits per heavy atom. The molecule has 1 aromatic carbocycles. The van der Waals surface area contributed by atoms with Gasteiger partial charge in [-0.05, 0) is 54.0 Å². The van der Waals surface area contributed by atoms with E-state index in [9.17, 15) is 4.79 Å². The van der Waals surface area contributed by atoms with Crippen LogP contribution in [0.2, 0.25) is 5.02 Å². The predicted octanol–water partition coefficient (Wildman–Crippen LogP) is 4.93. The molecule has 1 heterocycles. The minimum absolute atomic E-state index is 0.00535. The molecular formula is C14H12BrCl2NO. The molecule has 0 aliphatic heterocycles. The van der Waals surface area contributed by atoms with E-state index >= 15 is 0 Å². The molecule has 2 rings (SSSR count). The van der Waals surface area contributed by atoms with Crippen LogP contribution in [0.1, 0.15) is 21.7 Å². The molecule has 0 saturated heterocycles. The molecule has 2 aromatic rings. The van der Waals surface area contributed by atoms with E-state index in [1.165, 1.54) is 0 Å². The Balaban J connectivity index is 2.59. The minimum Gasteiger partial charge on any atom is -0.318 e. The van der Waals surface area contributed by atoms with Crippen LogP contribution in [0, 0.1) is 13.8 Å². The van der Waals surface area contributed by atoms with E-state index < -0.39 is 0 Å². The molecule has 0 atom stereocenters. The van der Waals surface area contributed by atoms with Gasteiger partial charge in [0.15, 0.2) is 5.78 Å². The summed E-state index contributed by atoms with van der Waals surface area (Å²) in [4.78, 5) is 11.8. The van der Waals surface area contributed by atoms with Crippen LogP contribution in [0.3, 0.4) is 0 Å². The second-order valence-corrected chi connectivity index (χ2v) is 5.80. The molecule has 0 radical (unpaired) electrons. The summed E-state index contributed by atoms with van der Waals surface area (Å²) in [5.41, 5.74) is 3.50. The van der Waals surface area contributed by atoms with Crippen LogP contribution >= 0.6 is 39.1 Å². The van der Waals surface area contributed by atoms with E-state index in [4.69, 9.17) is 23.2 Å². The predicted molar refractivity (Wildman–Crippen MR) is 83.0 cm³/mol. The van der Waals surface area contributed by atoms with Crippen molar-refractivity contribution in [1.29, 1.82) is 0 Å². The fourth-order valence-electron chi connectivity index (χ4n) is 2.14. The van der Waals surface area contributed by atoms with Crippen molar-refractivity contribution in [3.63, 3.8) is 0 Å². The van der Waals surface area contributed by atoms with Crippen LogP contribution in [0.5, 0.6) is 0 Å². The molecular weight excluding hydrogens is 349 g/mol. The van der Waals surface area contributed by atoms with Gasteiger partial charge in [-0.2, -0.15) is 0 Å². The first-order valence-corrected chi connectivity index (χ1v) is 7.39. The molecule has 0 unspecified atom stereocenters. The monoisotopic (exact) mass is 359 g/mol. The fourth-order valence-corrected chi connectivity index (χ4v) is 2.77. The molecule has 0 bridgehead atoms. The first kappa shape index (κ1) is 14.6. The number of hydrogen-bond acceptors (Lipinski definition) is 1. The Labute approximate surface area is 130 Å². The van der Waals surface area contributed by atoms with Crippen molar-refractivity contribution in [3.8, 4) is 5.69 Å². The molecule has 0 aliphatic rings. The Kier molecular flexibility index (Phi) is 4.39. The highest BCUT2D eigenvalue weighted by molar-refractivity contribution is 9.10. The molecule has 0 fully saturated rings. The average molecular weight is 361 g/mol. The first-order valence-electron chi connectivity index (χ1n) is 5.69. The number of Topliss-reactive ketones (excluding diaryl/α,β-unsaturated/α-hetero) is 1. The van der Waals surface area contributed by atoms with Crippen molar-refractivity contribution < 1.29 is 4.79 Å². The third-order valence-electron chi connectivity index (χ3n) is 3.01. The number of aryl methyl sites for hydroxylation is 1. The lowest BCUT2D eigenvalue weighted by molar-refractivity contribution is 0.102. The van der Waals surface area contributed by atoms with E-state index in [1.54, 1.807) is 0 Å². The number of hydrogen-bond donors (Lipinski definition) is 0. The van der Waals surface area contributed by atoms with Crippen LogP contribution in [-0.4, -0.2) is 16.2 Å². The highest BCUT2D eigenvalue weighted by Crippen LogP contribution is 2.28. The van der Waals surface area contributed by atoms with Crippen LogP contribution in [0.25, 0.3) is 5.69 Å². The van der Waals surface area contributed by atoms with Gasteiger partial charge in [0.25, 0.3) is 0 Å².